The van der Waals surface area contributed by atoms with Crippen LogP contribution in [0.2, 0.25) is 0 Å². The van der Waals surface area contributed by atoms with Crippen LogP contribution >= 0.6 is 0 Å². The molecule has 4 rings (SSSR count). The molecule has 3 heterocycles. The van der Waals surface area contributed by atoms with E-state index in [9.17, 15) is 13.6 Å². The fourth-order valence-electron chi connectivity index (χ4n) is 3.88. The highest BCUT2D eigenvalue weighted by Crippen LogP contribution is 2.23. The van der Waals surface area contributed by atoms with Gasteiger partial charge in [-0.05, 0) is 38.3 Å². The van der Waals surface area contributed by atoms with Crippen molar-refractivity contribution >= 4 is 23.5 Å². The molecule has 9 heteroatoms. The molecule has 1 N–H and O–H groups in total. The van der Waals surface area contributed by atoms with Crippen LogP contribution in [0.5, 0.6) is 0 Å². The fraction of sp³-hybridized carbons (Fsp3) is 0.476. The second-order valence-electron chi connectivity index (χ2n) is 7.72. The summed E-state index contributed by atoms with van der Waals surface area (Å²) in [6.45, 7) is 5.92. The monoisotopic (exact) mass is 416 g/mol. The first-order chi connectivity index (χ1) is 14.5. The number of urea groups is 1. The Morgan fingerprint density at radius 3 is 2.27 bits per heavy atom. The van der Waals surface area contributed by atoms with Crippen molar-refractivity contribution in [2.75, 3.05) is 54.4 Å². The molecule has 2 aliphatic heterocycles. The van der Waals surface area contributed by atoms with Gasteiger partial charge in [0.05, 0.1) is 0 Å². The van der Waals surface area contributed by atoms with Gasteiger partial charge < -0.3 is 20.0 Å². The highest BCUT2D eigenvalue weighted by Gasteiger charge is 2.25. The summed E-state index contributed by atoms with van der Waals surface area (Å²) in [4.78, 5) is 27.7. The average molecular weight is 416 g/mol. The van der Waals surface area contributed by atoms with Crippen LogP contribution in [-0.4, -0.2) is 60.2 Å². The molecule has 30 heavy (non-hydrogen) atoms. The standard InChI is InChI=1S/C21H26F2N6O/c1-15-14-18(27-8-3-2-4-9-27)25-20(24-15)28-10-12-29(13-11-28)21(30)26-19-16(22)6-5-7-17(19)23/h5-7,14H,2-4,8-13H2,1H3,(H,26,30). The molecule has 0 unspecified atom stereocenters. The molecular formula is C21H26F2N6O. The summed E-state index contributed by atoms with van der Waals surface area (Å²) in [7, 11) is 0. The Morgan fingerprint density at radius 1 is 0.933 bits per heavy atom. The van der Waals surface area contributed by atoms with Crippen molar-refractivity contribution in [1.82, 2.24) is 14.9 Å². The third-order valence-corrected chi connectivity index (χ3v) is 5.55. The summed E-state index contributed by atoms with van der Waals surface area (Å²) in [6, 6.07) is 5.00. The number of anilines is 3. The van der Waals surface area contributed by atoms with Gasteiger partial charge in [-0.2, -0.15) is 4.98 Å². The molecule has 2 amide bonds. The zero-order valence-electron chi connectivity index (χ0n) is 17.1. The second-order valence-corrected chi connectivity index (χ2v) is 7.72. The van der Waals surface area contributed by atoms with Crippen LogP contribution in [-0.2, 0) is 0 Å². The number of aryl methyl sites for hydroxylation is 1. The van der Waals surface area contributed by atoms with Gasteiger partial charge in [0.2, 0.25) is 5.95 Å². The van der Waals surface area contributed by atoms with Gasteiger partial charge in [-0.1, -0.05) is 6.07 Å². The van der Waals surface area contributed by atoms with Gasteiger partial charge >= 0.3 is 6.03 Å². The Labute approximate surface area is 174 Å². The maximum absolute atomic E-state index is 13.8. The summed E-state index contributed by atoms with van der Waals surface area (Å²) in [6.07, 6.45) is 3.61. The Bertz CT molecular complexity index is 890. The maximum atomic E-state index is 13.8. The number of para-hydroxylation sites is 1. The van der Waals surface area contributed by atoms with Crippen molar-refractivity contribution in [2.24, 2.45) is 0 Å². The molecule has 1 aromatic carbocycles. The number of piperidine rings is 1. The minimum Gasteiger partial charge on any atom is -0.356 e. The summed E-state index contributed by atoms with van der Waals surface area (Å²) in [5.74, 6) is 0.0314. The van der Waals surface area contributed by atoms with E-state index in [4.69, 9.17) is 4.98 Å². The van der Waals surface area contributed by atoms with E-state index in [0.717, 1.165) is 36.7 Å². The van der Waals surface area contributed by atoms with Crippen LogP contribution in [0.15, 0.2) is 24.3 Å². The molecule has 160 valence electrons. The molecule has 0 atom stereocenters. The smallest absolute Gasteiger partial charge is 0.322 e. The molecule has 0 radical (unpaired) electrons. The number of piperazine rings is 1. The van der Waals surface area contributed by atoms with Crippen LogP contribution in [0.25, 0.3) is 0 Å². The van der Waals surface area contributed by atoms with Crippen LogP contribution < -0.4 is 15.1 Å². The van der Waals surface area contributed by atoms with Gasteiger partial charge in [0, 0.05) is 51.0 Å². The summed E-state index contributed by atoms with van der Waals surface area (Å²) >= 11 is 0. The summed E-state index contributed by atoms with van der Waals surface area (Å²) in [5.41, 5.74) is 0.494. The number of amides is 2. The van der Waals surface area contributed by atoms with E-state index in [1.807, 2.05) is 17.9 Å². The Balaban J connectivity index is 1.39. The molecule has 0 aliphatic carbocycles. The SMILES string of the molecule is Cc1cc(N2CCCCC2)nc(N2CCN(C(=O)Nc3c(F)cccc3F)CC2)n1. The van der Waals surface area contributed by atoms with Gasteiger partial charge in [0.1, 0.15) is 23.1 Å². The molecule has 0 saturated carbocycles. The number of carbonyl (C=O) groups is 1. The Hall–Kier alpha value is -2.97. The van der Waals surface area contributed by atoms with Crippen molar-refractivity contribution in [1.29, 1.82) is 0 Å². The van der Waals surface area contributed by atoms with E-state index in [-0.39, 0.29) is 0 Å². The lowest BCUT2D eigenvalue weighted by Crippen LogP contribution is -2.50. The topological polar surface area (TPSA) is 64.6 Å². The number of nitrogens with one attached hydrogen (secondary N) is 1. The third kappa shape index (κ3) is 4.44. The molecule has 2 aliphatic rings. The zero-order valence-corrected chi connectivity index (χ0v) is 17.1. The molecule has 7 nitrogen and oxygen atoms in total. The Kier molecular flexibility index (Phi) is 5.96. The van der Waals surface area contributed by atoms with Crippen LogP contribution in [0.4, 0.5) is 31.0 Å². The molecular weight excluding hydrogens is 390 g/mol. The van der Waals surface area contributed by atoms with Crippen molar-refractivity contribution in [2.45, 2.75) is 26.2 Å². The quantitative estimate of drug-likeness (QED) is 0.831. The number of hydrogen-bond acceptors (Lipinski definition) is 5. The minimum atomic E-state index is -0.791. The fourth-order valence-corrected chi connectivity index (χ4v) is 3.88. The van der Waals surface area contributed by atoms with E-state index < -0.39 is 23.4 Å². The van der Waals surface area contributed by atoms with Gasteiger partial charge in [0.25, 0.3) is 0 Å². The maximum Gasteiger partial charge on any atom is 0.322 e. The summed E-state index contributed by atoms with van der Waals surface area (Å²) in [5, 5.41) is 2.34. The van der Waals surface area contributed by atoms with E-state index in [1.54, 1.807) is 4.90 Å². The first kappa shape index (κ1) is 20.3. The number of hydrogen-bond donors (Lipinski definition) is 1. The third-order valence-electron chi connectivity index (χ3n) is 5.55. The molecule has 2 saturated heterocycles. The van der Waals surface area contributed by atoms with Gasteiger partial charge in [0.15, 0.2) is 0 Å². The molecule has 0 bridgehead atoms. The van der Waals surface area contributed by atoms with Crippen LogP contribution in [0.1, 0.15) is 25.0 Å². The molecule has 1 aromatic heterocycles. The predicted molar refractivity (Wildman–Crippen MR) is 112 cm³/mol. The number of halogens is 2. The molecule has 2 aromatic rings. The number of carbonyl (C=O) groups excluding carboxylic acids is 1. The van der Waals surface area contributed by atoms with Crippen molar-refractivity contribution in [3.05, 3.63) is 41.6 Å². The highest BCUT2D eigenvalue weighted by molar-refractivity contribution is 5.89. The first-order valence-electron chi connectivity index (χ1n) is 10.4. The Morgan fingerprint density at radius 2 is 1.60 bits per heavy atom. The van der Waals surface area contributed by atoms with Gasteiger partial charge in [-0.3, -0.25) is 0 Å². The number of rotatable bonds is 3. The highest BCUT2D eigenvalue weighted by atomic mass is 19.1. The van der Waals surface area contributed by atoms with E-state index in [2.05, 4.69) is 15.2 Å². The van der Waals surface area contributed by atoms with Gasteiger partial charge in [-0.25, -0.2) is 18.6 Å². The summed E-state index contributed by atoms with van der Waals surface area (Å²) < 4.78 is 27.6. The molecule has 2 fully saturated rings. The number of aromatic nitrogens is 2. The molecule has 0 spiro atoms. The predicted octanol–water partition coefficient (Wildman–Crippen LogP) is 3.41. The average Bonchev–Trinajstić information content (AvgIpc) is 2.76. The van der Waals surface area contributed by atoms with Crippen LogP contribution in [0.3, 0.4) is 0 Å². The van der Waals surface area contributed by atoms with Crippen molar-refractivity contribution in [3.8, 4) is 0 Å². The van der Waals surface area contributed by atoms with E-state index in [1.165, 1.54) is 25.3 Å². The van der Waals surface area contributed by atoms with E-state index in [0.29, 0.717) is 32.1 Å². The number of nitrogens with zero attached hydrogens (tertiary/aromatic N) is 5. The lowest BCUT2D eigenvalue weighted by Gasteiger charge is -2.35. The lowest BCUT2D eigenvalue weighted by molar-refractivity contribution is 0.207. The largest absolute Gasteiger partial charge is 0.356 e. The van der Waals surface area contributed by atoms with Gasteiger partial charge in [-0.15, -0.1) is 0 Å². The van der Waals surface area contributed by atoms with Crippen molar-refractivity contribution < 1.29 is 13.6 Å². The lowest BCUT2D eigenvalue weighted by atomic mass is 10.1. The van der Waals surface area contributed by atoms with E-state index >= 15 is 0 Å². The normalized spacial score (nSPS) is 17.2. The minimum absolute atomic E-state index is 0.415. The number of benzene rings is 1. The second kappa shape index (κ2) is 8.81. The first-order valence-corrected chi connectivity index (χ1v) is 10.4. The zero-order chi connectivity index (χ0) is 21.1. The van der Waals surface area contributed by atoms with Crippen LogP contribution in [0, 0.1) is 18.6 Å². The van der Waals surface area contributed by atoms with Crippen molar-refractivity contribution in [3.63, 3.8) is 0 Å².